The molecule has 0 aliphatic carbocycles. The van der Waals surface area contributed by atoms with Crippen LogP contribution in [0.5, 0.6) is 0 Å². The average molecular weight is 1010 g/mol. The smallest absolute Gasteiger partial charge is 0.216 e. The van der Waals surface area contributed by atoms with Gasteiger partial charge in [0.05, 0.1) is 33.7 Å². The molecule has 0 bridgehead atoms. The van der Waals surface area contributed by atoms with Crippen LogP contribution in [-0.4, -0.2) is 37.8 Å². The van der Waals surface area contributed by atoms with Crippen LogP contribution in [0.25, 0.3) is 83.6 Å². The van der Waals surface area contributed by atoms with Gasteiger partial charge in [-0.1, -0.05) is 66.4 Å². The van der Waals surface area contributed by atoms with Gasteiger partial charge < -0.3 is 8.98 Å². The SMILES string of the molecule is CCc1cc(-c2[c-]cccc2)nc[c]1[Ge]([CH3])([CH3])[CH3].Cc1ccc2c(ccc3nc(-c4[c-]cc(C)c5c4oc4nc(-c6ccccc6)ccc45)n(-c4ccccc4)c32)n1.[Ir]. The summed E-state index contributed by atoms with van der Waals surface area (Å²) in [6, 6.07) is 52.0. The van der Waals surface area contributed by atoms with E-state index in [2.05, 4.69) is 120 Å². The molecular formula is C51H43GeIrN5O-2. The van der Waals surface area contributed by atoms with Crippen LogP contribution >= 0.6 is 0 Å². The van der Waals surface area contributed by atoms with Crippen molar-refractivity contribution in [3.05, 3.63) is 169 Å². The van der Waals surface area contributed by atoms with E-state index in [1.165, 1.54) is 9.96 Å². The van der Waals surface area contributed by atoms with Gasteiger partial charge in [-0.2, -0.15) is 0 Å². The summed E-state index contributed by atoms with van der Waals surface area (Å²) in [7, 11) is 0. The summed E-state index contributed by atoms with van der Waals surface area (Å²) < 4.78 is 10.3. The van der Waals surface area contributed by atoms with Gasteiger partial charge >= 0.3 is 113 Å². The summed E-state index contributed by atoms with van der Waals surface area (Å²) in [6.07, 6.45) is 3.19. The first-order valence-corrected chi connectivity index (χ1v) is 27.1. The van der Waals surface area contributed by atoms with E-state index >= 15 is 0 Å². The van der Waals surface area contributed by atoms with Crippen LogP contribution in [0.3, 0.4) is 0 Å². The number of rotatable bonds is 6. The maximum Gasteiger partial charge on any atom is 0.216 e. The third kappa shape index (κ3) is 7.67. The Kier molecular flexibility index (Phi) is 11.2. The second-order valence-corrected chi connectivity index (χ2v) is 26.3. The number of hydrogen-bond donors (Lipinski definition) is 0. The van der Waals surface area contributed by atoms with Crippen molar-refractivity contribution in [2.75, 3.05) is 0 Å². The summed E-state index contributed by atoms with van der Waals surface area (Å²) >= 11 is -1.80. The molecule has 10 rings (SSSR count). The van der Waals surface area contributed by atoms with Gasteiger partial charge in [-0.25, -0.2) is 4.98 Å². The number of furan rings is 1. The van der Waals surface area contributed by atoms with Crippen LogP contribution in [0.1, 0.15) is 23.7 Å². The molecule has 0 amide bonds. The minimum Gasteiger partial charge on any atom is -0.486 e. The van der Waals surface area contributed by atoms with Crippen LogP contribution < -0.4 is 4.40 Å². The largest absolute Gasteiger partial charge is 0.486 e. The number of fused-ring (bicyclic) bond motifs is 6. The van der Waals surface area contributed by atoms with E-state index in [4.69, 9.17) is 19.4 Å². The molecule has 5 heterocycles. The van der Waals surface area contributed by atoms with Gasteiger partial charge in [0.15, 0.2) is 0 Å². The van der Waals surface area contributed by atoms with Crippen molar-refractivity contribution in [3.63, 3.8) is 0 Å². The Labute approximate surface area is 361 Å². The molecule has 293 valence electrons. The number of aromatic nitrogens is 5. The number of hydrogen-bond acceptors (Lipinski definition) is 5. The predicted molar refractivity (Wildman–Crippen MR) is 241 cm³/mol. The molecule has 0 saturated heterocycles. The minimum atomic E-state index is -1.80. The van der Waals surface area contributed by atoms with Crippen molar-refractivity contribution in [2.24, 2.45) is 0 Å². The van der Waals surface area contributed by atoms with Crippen LogP contribution in [-0.2, 0) is 26.5 Å². The molecule has 0 aliphatic heterocycles. The Balaban J connectivity index is 0.000000215. The van der Waals surface area contributed by atoms with Gasteiger partial charge in [-0.05, 0) is 55.5 Å². The maximum absolute atomic E-state index is 6.56. The molecule has 0 aliphatic rings. The van der Waals surface area contributed by atoms with E-state index < -0.39 is 13.3 Å². The van der Waals surface area contributed by atoms with Crippen molar-refractivity contribution in [1.82, 2.24) is 24.5 Å². The number of imidazole rings is 1. The van der Waals surface area contributed by atoms with Crippen LogP contribution in [0.2, 0.25) is 17.3 Å². The fourth-order valence-corrected chi connectivity index (χ4v) is 11.3. The van der Waals surface area contributed by atoms with Gasteiger partial charge in [0.25, 0.3) is 0 Å². The third-order valence-corrected chi connectivity index (χ3v) is 15.0. The molecule has 1 radical (unpaired) electrons. The second-order valence-electron chi connectivity index (χ2n) is 15.7. The Morgan fingerprint density at radius 1 is 0.712 bits per heavy atom. The third-order valence-electron chi connectivity index (χ3n) is 10.7. The number of pyridine rings is 3. The standard InChI is InChI=1S/C35H23N4O.C16H20GeN.Ir/c1-21-13-15-27(33-31(21)26-17-18-28(38-35(26)40-33)23-9-5-3-6-10-23)34-37-30-20-19-29-25(16-14-22(2)36-29)32(30)39(34)24-11-7-4-8-12-24;1-5-13-11-16(14-9-7-6-8-10-14)18-12-15(13)17(2,3)4;/h3-14,16-20H,1-2H3;6-9,11-12H,5H2,1-4H3;/q2*-1;. The normalized spacial score (nSPS) is 11.5. The fourth-order valence-electron chi connectivity index (χ4n) is 7.84. The molecule has 0 spiro atoms. The predicted octanol–water partition coefficient (Wildman–Crippen LogP) is 12.3. The molecule has 5 aromatic heterocycles. The Hall–Kier alpha value is -5.73. The van der Waals surface area contributed by atoms with Gasteiger partial charge in [0, 0.05) is 47.8 Å². The van der Waals surface area contributed by atoms with E-state index in [1.54, 1.807) is 0 Å². The minimum absolute atomic E-state index is 0. The van der Waals surface area contributed by atoms with Gasteiger partial charge in [-0.15, -0.1) is 17.7 Å². The van der Waals surface area contributed by atoms with E-state index in [9.17, 15) is 0 Å². The van der Waals surface area contributed by atoms with Crippen molar-refractivity contribution in [2.45, 2.75) is 44.5 Å². The molecule has 0 N–H and O–H groups in total. The Bertz CT molecular complexity index is 3100. The molecule has 0 saturated carbocycles. The van der Waals surface area contributed by atoms with Crippen LogP contribution in [0, 0.1) is 26.0 Å². The van der Waals surface area contributed by atoms with Gasteiger partial charge in [0.1, 0.15) is 0 Å². The van der Waals surface area contributed by atoms with Gasteiger partial charge in [-0.3, -0.25) is 9.97 Å². The zero-order valence-corrected chi connectivity index (χ0v) is 38.5. The summed E-state index contributed by atoms with van der Waals surface area (Å²) in [5, 5.41) is 3.06. The van der Waals surface area contributed by atoms with Crippen molar-refractivity contribution in [3.8, 4) is 39.6 Å². The van der Waals surface area contributed by atoms with Crippen molar-refractivity contribution < 1.29 is 24.5 Å². The summed E-state index contributed by atoms with van der Waals surface area (Å²) in [5.41, 5.74) is 13.6. The first-order chi connectivity index (χ1) is 28.2. The number of benzene rings is 5. The van der Waals surface area contributed by atoms with E-state index in [0.29, 0.717) is 5.71 Å². The summed E-state index contributed by atoms with van der Waals surface area (Å²) in [4.78, 5) is 19.5. The van der Waals surface area contributed by atoms with Crippen LogP contribution in [0.4, 0.5) is 0 Å². The van der Waals surface area contributed by atoms with Gasteiger partial charge in [0.2, 0.25) is 5.71 Å². The first-order valence-electron chi connectivity index (χ1n) is 19.8. The molecule has 0 atom stereocenters. The molecule has 0 unspecified atom stereocenters. The topological polar surface area (TPSA) is 69.6 Å². The Morgan fingerprint density at radius 2 is 1.44 bits per heavy atom. The molecule has 8 heteroatoms. The molecule has 0 fully saturated rings. The Morgan fingerprint density at radius 3 is 2.17 bits per heavy atom. The quantitative estimate of drug-likeness (QED) is 0.123. The molecule has 6 nitrogen and oxygen atoms in total. The van der Waals surface area contributed by atoms with E-state index in [1.807, 2.05) is 79.7 Å². The zero-order chi connectivity index (χ0) is 40.0. The second kappa shape index (κ2) is 16.5. The monoisotopic (exact) mass is 1010 g/mol. The maximum atomic E-state index is 6.56. The number of para-hydroxylation sites is 1. The van der Waals surface area contributed by atoms with Crippen molar-refractivity contribution in [1.29, 1.82) is 0 Å². The molecule has 5 aromatic carbocycles. The summed E-state index contributed by atoms with van der Waals surface area (Å²) in [5.74, 6) is 8.03. The molecule has 10 aromatic rings. The fraction of sp³-hybridized carbons (Fsp3) is 0.137. The zero-order valence-electron chi connectivity index (χ0n) is 34.0. The van der Waals surface area contributed by atoms with E-state index in [0.717, 1.165) is 95.6 Å². The molecular weight excluding hydrogens is 963 g/mol. The van der Waals surface area contributed by atoms with Crippen molar-refractivity contribution >= 4 is 61.7 Å². The van der Waals surface area contributed by atoms with Crippen LogP contribution in [0.15, 0.2) is 144 Å². The summed E-state index contributed by atoms with van der Waals surface area (Å²) in [6.45, 7) is 6.33. The number of nitrogens with zero attached hydrogens (tertiary/aromatic N) is 5. The average Bonchev–Trinajstić information content (AvgIpc) is 3.84. The molecule has 59 heavy (non-hydrogen) atoms. The van der Waals surface area contributed by atoms with E-state index in [-0.39, 0.29) is 20.1 Å². The number of aryl methyl sites for hydroxylation is 3. The first kappa shape index (κ1) is 40.1.